The number of hydrogen-bond acceptors (Lipinski definition) is 3. The van der Waals surface area contributed by atoms with Crippen LogP contribution in [0.3, 0.4) is 0 Å². The molecule has 18 heavy (non-hydrogen) atoms. The van der Waals surface area contributed by atoms with Gasteiger partial charge in [-0.1, -0.05) is 32.9 Å². The van der Waals surface area contributed by atoms with Crippen molar-refractivity contribution in [3.63, 3.8) is 0 Å². The maximum absolute atomic E-state index is 11.3. The van der Waals surface area contributed by atoms with E-state index in [9.17, 15) is 8.42 Å². The Balaban J connectivity index is 2.84. The Kier molecular flexibility index (Phi) is 4.53. The predicted molar refractivity (Wildman–Crippen MR) is 73.7 cm³/mol. The lowest BCUT2D eigenvalue weighted by atomic mass is 9.96. The number of primary sulfonamides is 1. The van der Waals surface area contributed by atoms with E-state index in [1.807, 2.05) is 13.0 Å². The standard InChI is InChI=1S/C13H22N2O2S/c1-10(15-9-13(2,3)4)11-6-5-7-12(8-11)18(14,16)17/h5-8,10,15H,9H2,1-4H3,(H2,14,16,17). The molecule has 0 aliphatic carbocycles. The Hall–Kier alpha value is -0.910. The fourth-order valence-corrected chi connectivity index (χ4v) is 2.11. The van der Waals surface area contributed by atoms with Gasteiger partial charge >= 0.3 is 0 Å². The van der Waals surface area contributed by atoms with Gasteiger partial charge in [-0.25, -0.2) is 13.6 Å². The largest absolute Gasteiger partial charge is 0.310 e. The van der Waals surface area contributed by atoms with E-state index in [-0.39, 0.29) is 16.4 Å². The normalized spacial score (nSPS) is 14.5. The maximum Gasteiger partial charge on any atom is 0.238 e. The first-order chi connectivity index (χ1) is 8.09. The SMILES string of the molecule is CC(NCC(C)(C)C)c1cccc(S(N)(=O)=O)c1. The van der Waals surface area contributed by atoms with Crippen molar-refractivity contribution >= 4 is 10.0 Å². The van der Waals surface area contributed by atoms with Gasteiger partial charge < -0.3 is 5.32 Å². The second-order valence-corrected chi connectivity index (χ2v) is 7.34. The third-order valence-electron chi connectivity index (χ3n) is 2.63. The van der Waals surface area contributed by atoms with Crippen LogP contribution >= 0.6 is 0 Å². The molecule has 0 heterocycles. The first-order valence-corrected chi connectivity index (χ1v) is 7.50. The van der Waals surface area contributed by atoms with E-state index in [0.29, 0.717) is 0 Å². The van der Waals surface area contributed by atoms with E-state index in [1.165, 1.54) is 6.07 Å². The molecule has 1 rings (SSSR count). The van der Waals surface area contributed by atoms with Crippen LogP contribution in [0.15, 0.2) is 29.2 Å². The van der Waals surface area contributed by atoms with Crippen LogP contribution in [-0.2, 0) is 10.0 Å². The van der Waals surface area contributed by atoms with Gasteiger partial charge in [0.1, 0.15) is 0 Å². The zero-order valence-electron chi connectivity index (χ0n) is 11.4. The number of sulfonamides is 1. The van der Waals surface area contributed by atoms with Gasteiger partial charge in [0.2, 0.25) is 10.0 Å². The van der Waals surface area contributed by atoms with Crippen LogP contribution in [0, 0.1) is 5.41 Å². The van der Waals surface area contributed by atoms with Crippen LogP contribution in [-0.4, -0.2) is 15.0 Å². The lowest BCUT2D eigenvalue weighted by Gasteiger charge is -2.23. The molecule has 5 heteroatoms. The first kappa shape index (κ1) is 15.1. The van der Waals surface area contributed by atoms with Gasteiger partial charge in [-0.05, 0) is 30.0 Å². The molecule has 0 saturated heterocycles. The van der Waals surface area contributed by atoms with Crippen LogP contribution in [0.2, 0.25) is 0 Å². The minimum absolute atomic E-state index is 0.0888. The topological polar surface area (TPSA) is 72.2 Å². The Morgan fingerprint density at radius 2 is 1.94 bits per heavy atom. The minimum Gasteiger partial charge on any atom is -0.310 e. The van der Waals surface area contributed by atoms with Gasteiger partial charge in [0.15, 0.2) is 0 Å². The smallest absolute Gasteiger partial charge is 0.238 e. The van der Waals surface area contributed by atoms with E-state index < -0.39 is 10.0 Å². The average molecular weight is 270 g/mol. The highest BCUT2D eigenvalue weighted by Crippen LogP contribution is 2.18. The van der Waals surface area contributed by atoms with E-state index >= 15 is 0 Å². The Morgan fingerprint density at radius 3 is 2.44 bits per heavy atom. The molecule has 1 aromatic carbocycles. The summed E-state index contributed by atoms with van der Waals surface area (Å²) < 4.78 is 22.6. The van der Waals surface area contributed by atoms with Crippen molar-refractivity contribution in [2.24, 2.45) is 10.6 Å². The van der Waals surface area contributed by atoms with Crippen LogP contribution in [0.5, 0.6) is 0 Å². The molecule has 1 atom stereocenters. The average Bonchev–Trinajstić information content (AvgIpc) is 2.24. The van der Waals surface area contributed by atoms with Gasteiger partial charge in [0.05, 0.1) is 4.90 Å². The van der Waals surface area contributed by atoms with Crippen LogP contribution < -0.4 is 10.5 Å². The number of rotatable bonds is 4. The Bertz CT molecular complexity index is 504. The zero-order chi connectivity index (χ0) is 14.0. The van der Waals surface area contributed by atoms with Crippen LogP contribution in [0.25, 0.3) is 0 Å². The van der Waals surface area contributed by atoms with E-state index in [2.05, 4.69) is 26.1 Å². The summed E-state index contributed by atoms with van der Waals surface area (Å²) in [7, 11) is -3.63. The summed E-state index contributed by atoms with van der Waals surface area (Å²) in [6, 6.07) is 6.83. The van der Waals surface area contributed by atoms with Gasteiger partial charge in [-0.15, -0.1) is 0 Å². The summed E-state index contributed by atoms with van der Waals surface area (Å²) in [5.74, 6) is 0. The van der Waals surface area contributed by atoms with Gasteiger partial charge in [-0.2, -0.15) is 0 Å². The van der Waals surface area contributed by atoms with E-state index in [4.69, 9.17) is 5.14 Å². The molecule has 0 amide bonds. The van der Waals surface area contributed by atoms with Crippen LogP contribution in [0.4, 0.5) is 0 Å². The summed E-state index contributed by atoms with van der Waals surface area (Å²) in [4.78, 5) is 0.157. The van der Waals surface area contributed by atoms with E-state index in [1.54, 1.807) is 12.1 Å². The molecule has 1 aromatic rings. The molecule has 0 aromatic heterocycles. The molecule has 0 spiro atoms. The summed E-state index contributed by atoms with van der Waals surface area (Å²) >= 11 is 0. The van der Waals surface area contributed by atoms with Gasteiger partial charge in [0, 0.05) is 12.6 Å². The first-order valence-electron chi connectivity index (χ1n) is 5.96. The van der Waals surface area contributed by atoms with Crippen molar-refractivity contribution in [1.29, 1.82) is 0 Å². The van der Waals surface area contributed by atoms with E-state index in [0.717, 1.165) is 12.1 Å². The summed E-state index contributed by atoms with van der Waals surface area (Å²) in [5.41, 5.74) is 1.11. The molecule has 102 valence electrons. The van der Waals surface area contributed by atoms with Crippen molar-refractivity contribution in [3.05, 3.63) is 29.8 Å². The van der Waals surface area contributed by atoms with Crippen molar-refractivity contribution in [2.75, 3.05) is 6.54 Å². The van der Waals surface area contributed by atoms with Crippen molar-refractivity contribution < 1.29 is 8.42 Å². The zero-order valence-corrected chi connectivity index (χ0v) is 12.2. The number of benzene rings is 1. The second kappa shape index (κ2) is 5.38. The highest BCUT2D eigenvalue weighted by molar-refractivity contribution is 7.89. The molecule has 0 radical (unpaired) electrons. The third-order valence-corrected chi connectivity index (χ3v) is 3.54. The summed E-state index contributed by atoms with van der Waals surface area (Å²) in [5, 5.41) is 8.50. The Morgan fingerprint density at radius 1 is 1.33 bits per heavy atom. The lowest BCUT2D eigenvalue weighted by Crippen LogP contribution is -2.29. The van der Waals surface area contributed by atoms with Crippen molar-refractivity contribution in [3.8, 4) is 0 Å². The fourth-order valence-electron chi connectivity index (χ4n) is 1.54. The third kappa shape index (κ3) is 4.76. The highest BCUT2D eigenvalue weighted by atomic mass is 32.2. The molecule has 0 aliphatic heterocycles. The minimum atomic E-state index is -3.63. The molecule has 3 N–H and O–H groups in total. The molecule has 0 bridgehead atoms. The lowest BCUT2D eigenvalue weighted by molar-refractivity contribution is 0.359. The molecule has 4 nitrogen and oxygen atoms in total. The molecule has 0 fully saturated rings. The van der Waals surface area contributed by atoms with Crippen LogP contribution in [0.1, 0.15) is 39.3 Å². The molecular formula is C13H22N2O2S. The monoisotopic (exact) mass is 270 g/mol. The maximum atomic E-state index is 11.3. The number of nitrogens with two attached hydrogens (primary N) is 1. The van der Waals surface area contributed by atoms with Gasteiger partial charge in [-0.3, -0.25) is 0 Å². The molecular weight excluding hydrogens is 248 g/mol. The predicted octanol–water partition coefficient (Wildman–Crippen LogP) is 2.03. The van der Waals surface area contributed by atoms with Gasteiger partial charge in [0.25, 0.3) is 0 Å². The fraction of sp³-hybridized carbons (Fsp3) is 0.538. The Labute approximate surface area is 110 Å². The highest BCUT2D eigenvalue weighted by Gasteiger charge is 2.14. The quantitative estimate of drug-likeness (QED) is 0.879. The number of nitrogens with one attached hydrogen (secondary N) is 1. The molecule has 0 saturated carbocycles. The molecule has 0 aliphatic rings. The van der Waals surface area contributed by atoms with Crippen molar-refractivity contribution in [2.45, 2.75) is 38.6 Å². The number of hydrogen-bond donors (Lipinski definition) is 2. The van der Waals surface area contributed by atoms with Crippen molar-refractivity contribution in [1.82, 2.24) is 5.32 Å². The summed E-state index contributed by atoms with van der Waals surface area (Å²) in [6.45, 7) is 9.30. The second-order valence-electron chi connectivity index (χ2n) is 5.78. The molecule has 1 unspecified atom stereocenters. The summed E-state index contributed by atoms with van der Waals surface area (Å²) in [6.07, 6.45) is 0.